The predicted octanol–water partition coefficient (Wildman–Crippen LogP) is 2.03. The van der Waals surface area contributed by atoms with Gasteiger partial charge in [0.2, 0.25) is 5.91 Å². The molecule has 2 N–H and O–H groups in total. The fraction of sp³-hybridized carbons (Fsp3) is 0.556. The van der Waals surface area contributed by atoms with Crippen LogP contribution in [0.25, 0.3) is 0 Å². The van der Waals surface area contributed by atoms with E-state index in [0.29, 0.717) is 18.8 Å². The van der Waals surface area contributed by atoms with Gasteiger partial charge in [-0.2, -0.15) is 0 Å². The van der Waals surface area contributed by atoms with E-state index in [4.69, 9.17) is 0 Å². The van der Waals surface area contributed by atoms with Gasteiger partial charge in [0.25, 0.3) is 0 Å². The van der Waals surface area contributed by atoms with Crippen molar-refractivity contribution in [3.05, 3.63) is 30.1 Å². The van der Waals surface area contributed by atoms with E-state index in [9.17, 15) is 14.0 Å². The second-order valence-corrected chi connectivity index (χ2v) is 6.77. The second kappa shape index (κ2) is 8.29. The van der Waals surface area contributed by atoms with Gasteiger partial charge in [-0.25, -0.2) is 9.18 Å². The lowest BCUT2D eigenvalue weighted by molar-refractivity contribution is -0.133. The van der Waals surface area contributed by atoms with E-state index >= 15 is 0 Å². The van der Waals surface area contributed by atoms with Gasteiger partial charge in [0, 0.05) is 37.9 Å². The highest BCUT2D eigenvalue weighted by atomic mass is 19.1. The monoisotopic (exact) mass is 348 g/mol. The van der Waals surface area contributed by atoms with E-state index in [1.807, 2.05) is 4.90 Å². The maximum Gasteiger partial charge on any atom is 0.319 e. The minimum absolute atomic E-state index is 0.0228. The topological polar surface area (TPSA) is 64.7 Å². The second-order valence-electron chi connectivity index (χ2n) is 6.77. The van der Waals surface area contributed by atoms with Crippen molar-refractivity contribution in [1.82, 2.24) is 15.1 Å². The molecule has 2 saturated heterocycles. The van der Waals surface area contributed by atoms with Gasteiger partial charge < -0.3 is 15.5 Å². The number of nitrogens with zero attached hydrogens (tertiary/aromatic N) is 2. The van der Waals surface area contributed by atoms with Crippen molar-refractivity contribution < 1.29 is 14.0 Å². The molecule has 2 aliphatic rings. The molecule has 2 heterocycles. The molecule has 3 rings (SSSR count). The van der Waals surface area contributed by atoms with Crippen LogP contribution in [0, 0.1) is 5.82 Å². The number of piperidine rings is 1. The molecular formula is C18H25FN4O2. The fourth-order valence-corrected chi connectivity index (χ4v) is 3.41. The normalized spacial score (nSPS) is 21.2. The Labute approximate surface area is 147 Å². The molecule has 0 radical (unpaired) electrons. The van der Waals surface area contributed by atoms with Crippen molar-refractivity contribution in [2.75, 3.05) is 38.0 Å². The number of halogens is 1. The Hall–Kier alpha value is -2.15. The molecule has 25 heavy (non-hydrogen) atoms. The molecule has 7 heteroatoms. The van der Waals surface area contributed by atoms with Crippen LogP contribution in [0.1, 0.15) is 25.7 Å². The van der Waals surface area contributed by atoms with E-state index in [1.165, 1.54) is 30.7 Å². The summed E-state index contributed by atoms with van der Waals surface area (Å²) in [6.45, 7) is 3.65. The van der Waals surface area contributed by atoms with Crippen LogP contribution >= 0.6 is 0 Å². The van der Waals surface area contributed by atoms with Crippen molar-refractivity contribution in [1.29, 1.82) is 0 Å². The van der Waals surface area contributed by atoms with Gasteiger partial charge in [0.05, 0.1) is 6.54 Å². The number of likely N-dealkylation sites (tertiary alicyclic amines) is 2. The number of carbonyl (C=O) groups is 2. The van der Waals surface area contributed by atoms with Gasteiger partial charge >= 0.3 is 6.03 Å². The van der Waals surface area contributed by atoms with Gasteiger partial charge in [-0.1, -0.05) is 0 Å². The van der Waals surface area contributed by atoms with E-state index < -0.39 is 0 Å². The lowest BCUT2D eigenvalue weighted by Crippen LogP contribution is -2.44. The van der Waals surface area contributed by atoms with Crippen molar-refractivity contribution in [3.63, 3.8) is 0 Å². The zero-order chi connectivity index (χ0) is 17.6. The lowest BCUT2D eigenvalue weighted by Gasteiger charge is -2.28. The number of anilines is 1. The van der Waals surface area contributed by atoms with E-state index in [2.05, 4.69) is 15.5 Å². The van der Waals surface area contributed by atoms with Crippen LogP contribution in [-0.2, 0) is 4.79 Å². The number of hydrogen-bond acceptors (Lipinski definition) is 3. The van der Waals surface area contributed by atoms with E-state index in [0.717, 1.165) is 38.9 Å². The number of carbonyl (C=O) groups excluding carboxylic acids is 2. The Kier molecular flexibility index (Phi) is 5.86. The summed E-state index contributed by atoms with van der Waals surface area (Å²) in [5.41, 5.74) is 0.550. The molecular weight excluding hydrogens is 323 g/mol. The quantitative estimate of drug-likeness (QED) is 0.875. The highest BCUT2D eigenvalue weighted by Crippen LogP contribution is 2.13. The molecule has 1 aromatic carbocycles. The van der Waals surface area contributed by atoms with E-state index in [-0.39, 0.29) is 23.8 Å². The summed E-state index contributed by atoms with van der Waals surface area (Å²) in [4.78, 5) is 28.4. The molecule has 2 aliphatic heterocycles. The summed E-state index contributed by atoms with van der Waals surface area (Å²) in [7, 11) is 0. The van der Waals surface area contributed by atoms with Gasteiger partial charge in [0.15, 0.2) is 0 Å². The lowest BCUT2D eigenvalue weighted by atomic mass is 10.1. The first-order chi connectivity index (χ1) is 12.1. The Morgan fingerprint density at radius 2 is 1.80 bits per heavy atom. The largest absolute Gasteiger partial charge is 0.342 e. The minimum Gasteiger partial charge on any atom is -0.342 e. The number of hydrogen-bond donors (Lipinski definition) is 2. The number of urea groups is 1. The number of amides is 3. The summed E-state index contributed by atoms with van der Waals surface area (Å²) in [5.74, 6) is -0.146. The first-order valence-electron chi connectivity index (χ1n) is 8.93. The van der Waals surface area contributed by atoms with Crippen LogP contribution in [0.3, 0.4) is 0 Å². The Morgan fingerprint density at radius 1 is 1.08 bits per heavy atom. The fourth-order valence-electron chi connectivity index (χ4n) is 3.41. The minimum atomic E-state index is -0.337. The van der Waals surface area contributed by atoms with Crippen molar-refractivity contribution in [3.8, 4) is 0 Å². The average molecular weight is 348 g/mol. The predicted molar refractivity (Wildman–Crippen MR) is 93.8 cm³/mol. The Bertz CT molecular complexity index is 602. The maximum atomic E-state index is 12.9. The first kappa shape index (κ1) is 17.7. The molecule has 0 bridgehead atoms. The van der Waals surface area contributed by atoms with E-state index in [1.54, 1.807) is 0 Å². The molecule has 0 aliphatic carbocycles. The molecule has 136 valence electrons. The third-order valence-corrected chi connectivity index (χ3v) is 4.78. The summed E-state index contributed by atoms with van der Waals surface area (Å²) < 4.78 is 12.9. The standard InChI is InChI=1S/C18H25FN4O2/c19-14-4-6-15(7-5-14)20-18(25)21-16-8-11-22(12-16)13-17(24)23-9-2-1-3-10-23/h4-7,16H,1-3,8-13H2,(H2,20,21,25). The smallest absolute Gasteiger partial charge is 0.319 e. The van der Waals surface area contributed by atoms with Crippen LogP contribution in [0.5, 0.6) is 0 Å². The highest BCUT2D eigenvalue weighted by molar-refractivity contribution is 5.89. The third kappa shape index (κ3) is 5.16. The first-order valence-corrected chi connectivity index (χ1v) is 8.93. The van der Waals surface area contributed by atoms with Crippen LogP contribution in [0.4, 0.5) is 14.9 Å². The van der Waals surface area contributed by atoms with Crippen LogP contribution in [0.15, 0.2) is 24.3 Å². The zero-order valence-electron chi connectivity index (χ0n) is 14.3. The third-order valence-electron chi connectivity index (χ3n) is 4.78. The van der Waals surface area contributed by atoms with Gasteiger partial charge in [-0.15, -0.1) is 0 Å². The highest BCUT2D eigenvalue weighted by Gasteiger charge is 2.27. The molecule has 1 aromatic rings. The van der Waals surface area contributed by atoms with Crippen LogP contribution in [0.2, 0.25) is 0 Å². The molecule has 0 saturated carbocycles. The maximum absolute atomic E-state index is 12.9. The molecule has 1 atom stereocenters. The summed E-state index contributed by atoms with van der Waals surface area (Å²) in [5, 5.41) is 5.61. The average Bonchev–Trinajstić information content (AvgIpc) is 3.04. The van der Waals surface area contributed by atoms with Crippen LogP contribution in [-0.4, -0.2) is 60.5 Å². The van der Waals surface area contributed by atoms with Gasteiger partial charge in [-0.3, -0.25) is 9.69 Å². The molecule has 2 fully saturated rings. The number of nitrogens with one attached hydrogen (secondary N) is 2. The summed E-state index contributed by atoms with van der Waals surface area (Å²) >= 11 is 0. The molecule has 1 unspecified atom stereocenters. The SMILES string of the molecule is O=C(Nc1ccc(F)cc1)NC1CCN(CC(=O)N2CCCCC2)C1. The Balaban J connectivity index is 1.40. The van der Waals surface area contributed by atoms with Crippen molar-refractivity contribution in [2.24, 2.45) is 0 Å². The summed E-state index contributed by atoms with van der Waals surface area (Å²) in [6.07, 6.45) is 4.23. The molecule has 0 aromatic heterocycles. The Morgan fingerprint density at radius 3 is 2.52 bits per heavy atom. The van der Waals surface area contributed by atoms with Crippen molar-refractivity contribution >= 4 is 17.6 Å². The summed E-state index contributed by atoms with van der Waals surface area (Å²) in [6, 6.07) is 5.37. The number of rotatable bonds is 4. The van der Waals surface area contributed by atoms with Crippen LogP contribution < -0.4 is 10.6 Å². The molecule has 0 spiro atoms. The number of benzene rings is 1. The molecule has 6 nitrogen and oxygen atoms in total. The van der Waals surface area contributed by atoms with Gasteiger partial charge in [-0.05, 0) is 49.9 Å². The zero-order valence-corrected chi connectivity index (χ0v) is 14.3. The molecule has 3 amide bonds. The van der Waals surface area contributed by atoms with Crippen molar-refractivity contribution in [2.45, 2.75) is 31.7 Å². The van der Waals surface area contributed by atoms with Gasteiger partial charge in [0.1, 0.15) is 5.82 Å².